The van der Waals surface area contributed by atoms with Crippen molar-refractivity contribution >= 4 is 29.2 Å². The lowest BCUT2D eigenvalue weighted by Gasteiger charge is -2.35. The number of carbonyl (C=O) groups is 3. The Balaban J connectivity index is 1.63. The van der Waals surface area contributed by atoms with E-state index in [0.29, 0.717) is 44.6 Å². The Morgan fingerprint density at radius 1 is 1.24 bits per heavy atom. The molecule has 2 saturated heterocycles. The van der Waals surface area contributed by atoms with E-state index < -0.39 is 0 Å². The third kappa shape index (κ3) is 4.96. The Hall–Kier alpha value is -2.84. The van der Waals surface area contributed by atoms with Crippen LogP contribution in [0.4, 0.5) is 11.5 Å². The summed E-state index contributed by atoms with van der Waals surface area (Å²) in [5, 5.41) is 3.00. The minimum absolute atomic E-state index is 0.0792. The number of amides is 3. The number of nitrogens with one attached hydrogen (secondary N) is 1. The number of piperidine rings is 1. The number of anilines is 2. The van der Waals surface area contributed by atoms with Crippen molar-refractivity contribution in [3.63, 3.8) is 0 Å². The Morgan fingerprint density at radius 3 is 2.76 bits per heavy atom. The summed E-state index contributed by atoms with van der Waals surface area (Å²) in [5.74, 6) is -0.0450. The Labute approximate surface area is 170 Å². The molecule has 1 aromatic heterocycles. The van der Waals surface area contributed by atoms with Crippen LogP contribution in [0.25, 0.3) is 0 Å². The van der Waals surface area contributed by atoms with Crippen LogP contribution >= 0.6 is 0 Å². The first kappa shape index (κ1) is 20.9. The maximum atomic E-state index is 13.1. The zero-order valence-electron chi connectivity index (χ0n) is 16.9. The summed E-state index contributed by atoms with van der Waals surface area (Å²) in [6.45, 7) is 4.19. The van der Waals surface area contributed by atoms with Gasteiger partial charge in [-0.3, -0.25) is 14.4 Å². The zero-order valence-corrected chi connectivity index (χ0v) is 16.9. The number of nitrogens with two attached hydrogens (primary N) is 2. The molecule has 0 aromatic carbocycles. The summed E-state index contributed by atoms with van der Waals surface area (Å²) in [6.07, 6.45) is 5.05. The zero-order chi connectivity index (χ0) is 21.0. The maximum absolute atomic E-state index is 13.1. The summed E-state index contributed by atoms with van der Waals surface area (Å²) < 4.78 is 0. The molecular formula is C20H30N6O3. The SMILES string of the molecule is CCN1CC(C(=O)N2CCCCC(NC(=O)c3cnc(N)c(N)c3)C2)CCC1=O. The average molecular weight is 402 g/mol. The first-order valence-corrected chi connectivity index (χ1v) is 10.3. The van der Waals surface area contributed by atoms with Gasteiger partial charge in [0, 0.05) is 44.8 Å². The van der Waals surface area contributed by atoms with Crippen molar-refractivity contribution in [3.8, 4) is 0 Å². The predicted molar refractivity (Wildman–Crippen MR) is 110 cm³/mol. The van der Waals surface area contributed by atoms with Gasteiger partial charge >= 0.3 is 0 Å². The van der Waals surface area contributed by atoms with Crippen molar-refractivity contribution in [1.82, 2.24) is 20.1 Å². The molecule has 0 bridgehead atoms. The molecule has 0 saturated carbocycles. The summed E-state index contributed by atoms with van der Waals surface area (Å²) in [7, 11) is 0. The van der Waals surface area contributed by atoms with Crippen molar-refractivity contribution in [2.75, 3.05) is 37.6 Å². The molecule has 1 aromatic rings. The number of nitrogen functional groups attached to an aromatic ring is 2. The van der Waals surface area contributed by atoms with Gasteiger partial charge in [-0.1, -0.05) is 0 Å². The van der Waals surface area contributed by atoms with Gasteiger partial charge in [0.25, 0.3) is 5.91 Å². The Kier molecular flexibility index (Phi) is 6.56. The summed E-state index contributed by atoms with van der Waals surface area (Å²) in [4.78, 5) is 45.1. The number of nitrogens with zero attached hydrogens (tertiary/aromatic N) is 3. The molecule has 9 heteroatoms. The highest BCUT2D eigenvalue weighted by atomic mass is 16.2. The number of pyridine rings is 1. The van der Waals surface area contributed by atoms with Crippen LogP contribution in [-0.4, -0.2) is 64.7 Å². The number of aromatic nitrogens is 1. The van der Waals surface area contributed by atoms with E-state index in [1.165, 1.54) is 12.3 Å². The molecule has 158 valence electrons. The summed E-state index contributed by atoms with van der Waals surface area (Å²) in [5.41, 5.74) is 12.0. The van der Waals surface area contributed by atoms with Gasteiger partial charge in [0.05, 0.1) is 17.2 Å². The van der Waals surface area contributed by atoms with E-state index in [9.17, 15) is 14.4 Å². The summed E-state index contributed by atoms with van der Waals surface area (Å²) in [6, 6.07) is 1.37. The Morgan fingerprint density at radius 2 is 2.03 bits per heavy atom. The predicted octanol–water partition coefficient (Wildman–Crippen LogP) is 0.615. The van der Waals surface area contributed by atoms with Crippen molar-refractivity contribution in [2.24, 2.45) is 5.92 Å². The van der Waals surface area contributed by atoms with Gasteiger partial charge in [-0.05, 0) is 38.7 Å². The standard InChI is InChI=1S/C20H30N6O3/c1-2-25-11-13(6-7-17(25)27)20(29)26-8-4-3-5-15(12-26)24-19(28)14-9-16(21)18(22)23-10-14/h9-10,13,15H,2-8,11-12,21H2,1H3,(H2,22,23)(H,24,28). The van der Waals surface area contributed by atoms with E-state index >= 15 is 0 Å². The maximum Gasteiger partial charge on any atom is 0.253 e. The highest BCUT2D eigenvalue weighted by Gasteiger charge is 2.33. The molecule has 2 aliphatic heterocycles. The van der Waals surface area contributed by atoms with E-state index in [0.717, 1.165) is 19.3 Å². The fraction of sp³-hybridized carbons (Fsp3) is 0.600. The van der Waals surface area contributed by atoms with Crippen LogP contribution in [0.1, 0.15) is 49.4 Å². The van der Waals surface area contributed by atoms with E-state index in [1.54, 1.807) is 4.90 Å². The molecule has 2 fully saturated rings. The van der Waals surface area contributed by atoms with Crippen LogP contribution in [0.15, 0.2) is 12.3 Å². The molecule has 2 atom stereocenters. The molecule has 5 N–H and O–H groups in total. The minimum Gasteiger partial charge on any atom is -0.396 e. The van der Waals surface area contributed by atoms with Gasteiger partial charge in [0.2, 0.25) is 11.8 Å². The fourth-order valence-corrected chi connectivity index (χ4v) is 4.03. The van der Waals surface area contributed by atoms with Gasteiger partial charge in [0.15, 0.2) is 0 Å². The molecule has 0 spiro atoms. The number of carbonyl (C=O) groups excluding carboxylic acids is 3. The fourth-order valence-electron chi connectivity index (χ4n) is 4.03. The number of hydrogen-bond donors (Lipinski definition) is 3. The van der Waals surface area contributed by atoms with Gasteiger partial charge in [-0.25, -0.2) is 4.98 Å². The van der Waals surface area contributed by atoms with Crippen molar-refractivity contribution in [2.45, 2.75) is 45.1 Å². The second kappa shape index (κ2) is 9.11. The van der Waals surface area contributed by atoms with Crippen LogP contribution in [0.5, 0.6) is 0 Å². The summed E-state index contributed by atoms with van der Waals surface area (Å²) >= 11 is 0. The largest absolute Gasteiger partial charge is 0.396 e. The normalized spacial score (nSPS) is 22.9. The highest BCUT2D eigenvalue weighted by molar-refractivity contribution is 5.95. The third-order valence-electron chi connectivity index (χ3n) is 5.76. The first-order valence-electron chi connectivity index (χ1n) is 10.3. The van der Waals surface area contributed by atoms with Crippen molar-refractivity contribution in [1.29, 1.82) is 0 Å². The molecule has 0 aliphatic carbocycles. The molecular weight excluding hydrogens is 372 g/mol. The van der Waals surface area contributed by atoms with Crippen LogP contribution in [0.2, 0.25) is 0 Å². The monoisotopic (exact) mass is 402 g/mol. The van der Waals surface area contributed by atoms with Crippen LogP contribution in [0, 0.1) is 5.92 Å². The first-order chi connectivity index (χ1) is 13.9. The van der Waals surface area contributed by atoms with Crippen LogP contribution in [-0.2, 0) is 9.59 Å². The van der Waals surface area contributed by atoms with Gasteiger partial charge in [0.1, 0.15) is 5.82 Å². The van der Waals surface area contributed by atoms with E-state index in [-0.39, 0.29) is 41.2 Å². The van der Waals surface area contributed by atoms with E-state index in [2.05, 4.69) is 10.3 Å². The van der Waals surface area contributed by atoms with Crippen LogP contribution in [0.3, 0.4) is 0 Å². The number of likely N-dealkylation sites (tertiary alicyclic amines) is 2. The molecule has 0 radical (unpaired) electrons. The van der Waals surface area contributed by atoms with Crippen molar-refractivity contribution in [3.05, 3.63) is 17.8 Å². The second-order valence-electron chi connectivity index (χ2n) is 7.82. The van der Waals surface area contributed by atoms with Gasteiger partial charge in [-0.2, -0.15) is 0 Å². The number of hydrogen-bond acceptors (Lipinski definition) is 6. The lowest BCUT2D eigenvalue weighted by atomic mass is 9.96. The molecule has 3 amide bonds. The smallest absolute Gasteiger partial charge is 0.253 e. The highest BCUT2D eigenvalue weighted by Crippen LogP contribution is 2.22. The molecule has 2 aliphatic rings. The minimum atomic E-state index is -0.274. The van der Waals surface area contributed by atoms with E-state index in [4.69, 9.17) is 11.5 Å². The quantitative estimate of drug-likeness (QED) is 0.676. The van der Waals surface area contributed by atoms with Crippen molar-refractivity contribution < 1.29 is 14.4 Å². The lowest BCUT2D eigenvalue weighted by molar-refractivity contribution is -0.143. The Bertz CT molecular complexity index is 783. The molecule has 9 nitrogen and oxygen atoms in total. The topological polar surface area (TPSA) is 135 Å². The average Bonchev–Trinajstić information content (AvgIpc) is 2.95. The van der Waals surface area contributed by atoms with Crippen LogP contribution < -0.4 is 16.8 Å². The third-order valence-corrected chi connectivity index (χ3v) is 5.76. The lowest BCUT2D eigenvalue weighted by Crippen LogP contribution is -2.50. The molecule has 3 rings (SSSR count). The van der Waals surface area contributed by atoms with Gasteiger partial charge < -0.3 is 26.6 Å². The van der Waals surface area contributed by atoms with Gasteiger partial charge in [-0.15, -0.1) is 0 Å². The molecule has 29 heavy (non-hydrogen) atoms. The van der Waals surface area contributed by atoms with E-state index in [1.807, 2.05) is 11.8 Å². The number of rotatable bonds is 4. The molecule has 2 unspecified atom stereocenters. The molecule has 3 heterocycles. The second-order valence-corrected chi connectivity index (χ2v) is 7.82.